The first-order valence-corrected chi connectivity index (χ1v) is 8.81. The van der Waals surface area contributed by atoms with Crippen LogP contribution < -0.4 is 4.90 Å². The number of carbonyl (C=O) groups excluding carboxylic acids is 1. The van der Waals surface area contributed by atoms with Gasteiger partial charge in [-0.1, -0.05) is 0 Å². The number of hydrogen-bond donors (Lipinski definition) is 0. The fourth-order valence-electron chi connectivity index (χ4n) is 3.88. The molecule has 4 heterocycles. The third-order valence-electron chi connectivity index (χ3n) is 5.27. The van der Waals surface area contributed by atoms with Crippen LogP contribution in [0.3, 0.4) is 0 Å². The first kappa shape index (κ1) is 15.8. The van der Waals surface area contributed by atoms with Crippen LogP contribution in [0.15, 0.2) is 18.5 Å². The van der Waals surface area contributed by atoms with E-state index < -0.39 is 0 Å². The number of carbonyl (C=O) groups is 1. The summed E-state index contributed by atoms with van der Waals surface area (Å²) in [5.74, 6) is 1.46. The molecule has 0 bridgehead atoms. The number of nitrogens with zero attached hydrogens (tertiary/aromatic N) is 4. The van der Waals surface area contributed by atoms with Crippen molar-refractivity contribution in [3.63, 3.8) is 0 Å². The average molecular weight is 332 g/mol. The smallest absolute Gasteiger partial charge is 0.228 e. The van der Waals surface area contributed by atoms with Crippen LogP contribution in [0, 0.1) is 11.8 Å². The van der Waals surface area contributed by atoms with Crippen molar-refractivity contribution in [2.75, 3.05) is 50.9 Å². The molecule has 3 fully saturated rings. The largest absolute Gasteiger partial charge is 0.381 e. The Bertz CT molecular complexity index is 564. The van der Waals surface area contributed by atoms with Gasteiger partial charge >= 0.3 is 0 Å². The molecule has 4 rings (SSSR count). The van der Waals surface area contributed by atoms with Crippen LogP contribution in [0.5, 0.6) is 0 Å². The molecule has 3 saturated heterocycles. The second-order valence-corrected chi connectivity index (χ2v) is 6.80. The molecule has 3 unspecified atom stereocenters. The fourth-order valence-corrected chi connectivity index (χ4v) is 3.88. The zero-order chi connectivity index (χ0) is 16.4. The van der Waals surface area contributed by atoms with Gasteiger partial charge in [-0.2, -0.15) is 0 Å². The van der Waals surface area contributed by atoms with Crippen LogP contribution in [0.4, 0.5) is 5.95 Å². The van der Waals surface area contributed by atoms with Gasteiger partial charge in [0.05, 0.1) is 25.2 Å². The van der Waals surface area contributed by atoms with Crippen LogP contribution in [-0.2, 0) is 14.3 Å². The van der Waals surface area contributed by atoms with Crippen molar-refractivity contribution in [1.82, 2.24) is 14.9 Å². The Morgan fingerprint density at radius 2 is 2.00 bits per heavy atom. The van der Waals surface area contributed by atoms with Crippen LogP contribution in [0.2, 0.25) is 0 Å². The molecule has 7 heteroatoms. The molecule has 7 nitrogen and oxygen atoms in total. The number of aromatic nitrogens is 2. The monoisotopic (exact) mass is 332 g/mol. The summed E-state index contributed by atoms with van der Waals surface area (Å²) >= 11 is 0. The Hall–Kier alpha value is -1.73. The van der Waals surface area contributed by atoms with Crippen molar-refractivity contribution in [2.24, 2.45) is 11.8 Å². The van der Waals surface area contributed by atoms with E-state index in [9.17, 15) is 4.79 Å². The molecular formula is C17H24N4O3. The predicted octanol–water partition coefficient (Wildman–Crippen LogP) is 0.567. The minimum absolute atomic E-state index is 0.0431. The summed E-state index contributed by atoms with van der Waals surface area (Å²) in [7, 11) is 0. The second-order valence-electron chi connectivity index (χ2n) is 6.80. The average Bonchev–Trinajstić information content (AvgIpc) is 3.08. The number of amides is 1. The van der Waals surface area contributed by atoms with E-state index in [1.54, 1.807) is 12.4 Å². The zero-order valence-corrected chi connectivity index (χ0v) is 13.8. The van der Waals surface area contributed by atoms with Crippen LogP contribution in [0.25, 0.3) is 0 Å². The summed E-state index contributed by atoms with van der Waals surface area (Å²) in [6, 6.07) is 1.83. The number of rotatable bonds is 2. The molecule has 0 N–H and O–H groups in total. The Labute approximate surface area is 142 Å². The standard InChI is InChI=1S/C17H24N4O3/c22-16(14-3-8-23-12-14)20-6-2-13-10-21(7-9-24-15(13)11-20)17-18-4-1-5-19-17/h1,4-5,13-15H,2-3,6-12H2. The predicted molar refractivity (Wildman–Crippen MR) is 87.6 cm³/mol. The molecular weight excluding hydrogens is 308 g/mol. The van der Waals surface area contributed by atoms with E-state index in [4.69, 9.17) is 9.47 Å². The molecule has 3 aliphatic heterocycles. The molecule has 0 saturated carbocycles. The Morgan fingerprint density at radius 3 is 2.79 bits per heavy atom. The lowest BCUT2D eigenvalue weighted by Crippen LogP contribution is -2.50. The maximum atomic E-state index is 12.6. The van der Waals surface area contributed by atoms with Crippen molar-refractivity contribution in [3.8, 4) is 0 Å². The highest BCUT2D eigenvalue weighted by Crippen LogP contribution is 2.27. The number of anilines is 1. The Kier molecular flexibility index (Phi) is 4.62. The van der Waals surface area contributed by atoms with Crippen LogP contribution >= 0.6 is 0 Å². The van der Waals surface area contributed by atoms with Crippen LogP contribution in [0.1, 0.15) is 12.8 Å². The quantitative estimate of drug-likeness (QED) is 0.789. The van der Waals surface area contributed by atoms with E-state index in [0.29, 0.717) is 32.3 Å². The van der Waals surface area contributed by atoms with Gasteiger partial charge in [0, 0.05) is 51.1 Å². The Balaban J connectivity index is 1.40. The molecule has 1 amide bonds. The summed E-state index contributed by atoms with van der Waals surface area (Å²) in [4.78, 5) is 25.5. The number of likely N-dealkylation sites (tertiary alicyclic amines) is 1. The highest BCUT2D eigenvalue weighted by atomic mass is 16.5. The summed E-state index contributed by atoms with van der Waals surface area (Å²) in [6.07, 6.45) is 5.47. The van der Waals surface area contributed by atoms with E-state index in [1.807, 2.05) is 11.0 Å². The zero-order valence-electron chi connectivity index (χ0n) is 13.8. The lowest BCUT2D eigenvalue weighted by molar-refractivity contribution is -0.141. The van der Waals surface area contributed by atoms with Gasteiger partial charge in [-0.15, -0.1) is 0 Å². The Morgan fingerprint density at radius 1 is 1.12 bits per heavy atom. The topological polar surface area (TPSA) is 67.8 Å². The molecule has 1 aromatic heterocycles. The van der Waals surface area contributed by atoms with Crippen LogP contribution in [-0.4, -0.2) is 72.9 Å². The highest BCUT2D eigenvalue weighted by molar-refractivity contribution is 5.79. The van der Waals surface area contributed by atoms with E-state index in [-0.39, 0.29) is 17.9 Å². The van der Waals surface area contributed by atoms with Gasteiger partial charge in [0.2, 0.25) is 11.9 Å². The van der Waals surface area contributed by atoms with Gasteiger partial charge in [0.15, 0.2) is 0 Å². The van der Waals surface area contributed by atoms with E-state index in [0.717, 1.165) is 38.4 Å². The molecule has 3 aliphatic rings. The van der Waals surface area contributed by atoms with Crippen molar-refractivity contribution < 1.29 is 14.3 Å². The van der Waals surface area contributed by atoms with Crippen molar-refractivity contribution in [2.45, 2.75) is 18.9 Å². The summed E-state index contributed by atoms with van der Waals surface area (Å²) in [5, 5.41) is 0. The first-order valence-electron chi connectivity index (χ1n) is 8.81. The van der Waals surface area contributed by atoms with E-state index in [1.165, 1.54) is 0 Å². The summed E-state index contributed by atoms with van der Waals surface area (Å²) in [5.41, 5.74) is 0. The lowest BCUT2D eigenvalue weighted by Gasteiger charge is -2.38. The van der Waals surface area contributed by atoms with Crippen molar-refractivity contribution in [3.05, 3.63) is 18.5 Å². The highest BCUT2D eigenvalue weighted by Gasteiger charge is 2.37. The number of ether oxygens (including phenoxy) is 2. The number of hydrogen-bond acceptors (Lipinski definition) is 6. The lowest BCUT2D eigenvalue weighted by atomic mass is 9.92. The molecule has 0 spiro atoms. The maximum Gasteiger partial charge on any atom is 0.228 e. The molecule has 0 aliphatic carbocycles. The minimum Gasteiger partial charge on any atom is -0.381 e. The third-order valence-corrected chi connectivity index (χ3v) is 5.27. The molecule has 0 radical (unpaired) electrons. The van der Waals surface area contributed by atoms with E-state index in [2.05, 4.69) is 14.9 Å². The maximum absolute atomic E-state index is 12.6. The van der Waals surface area contributed by atoms with Crippen molar-refractivity contribution >= 4 is 11.9 Å². The molecule has 24 heavy (non-hydrogen) atoms. The van der Waals surface area contributed by atoms with Gasteiger partial charge < -0.3 is 19.3 Å². The normalized spacial score (nSPS) is 30.8. The summed E-state index contributed by atoms with van der Waals surface area (Å²) < 4.78 is 11.4. The number of fused-ring (bicyclic) bond motifs is 1. The van der Waals surface area contributed by atoms with Gasteiger partial charge in [-0.25, -0.2) is 9.97 Å². The third kappa shape index (κ3) is 3.23. The molecule has 130 valence electrons. The van der Waals surface area contributed by atoms with Crippen molar-refractivity contribution in [1.29, 1.82) is 0 Å². The van der Waals surface area contributed by atoms with Gasteiger partial charge in [-0.05, 0) is 18.9 Å². The van der Waals surface area contributed by atoms with Gasteiger partial charge in [0.1, 0.15) is 0 Å². The van der Waals surface area contributed by atoms with Gasteiger partial charge in [0.25, 0.3) is 0 Å². The summed E-state index contributed by atoms with van der Waals surface area (Å²) in [6.45, 7) is 5.12. The molecule has 0 aromatic carbocycles. The SMILES string of the molecule is O=C(C1CCOC1)N1CCC2CN(c3ncccn3)CCOC2C1. The second kappa shape index (κ2) is 7.03. The molecule has 3 atom stereocenters. The molecule has 1 aromatic rings. The number of piperidine rings is 1. The van der Waals surface area contributed by atoms with Gasteiger partial charge in [-0.3, -0.25) is 4.79 Å². The fraction of sp³-hybridized carbons (Fsp3) is 0.706. The van der Waals surface area contributed by atoms with E-state index >= 15 is 0 Å². The minimum atomic E-state index is 0.0431. The first-order chi connectivity index (χ1) is 11.8.